The van der Waals surface area contributed by atoms with Crippen LogP contribution in [0.5, 0.6) is 0 Å². The zero-order valence-corrected chi connectivity index (χ0v) is 10.0. The highest BCUT2D eigenvalue weighted by molar-refractivity contribution is 7.38. The van der Waals surface area contributed by atoms with Crippen molar-refractivity contribution < 1.29 is 17.9 Å². The Hall–Kier alpha value is -1.10. The third kappa shape index (κ3) is 2.60. The van der Waals surface area contributed by atoms with Gasteiger partial charge in [-0.2, -0.15) is 0 Å². The third-order valence-electron chi connectivity index (χ3n) is 2.45. The molecule has 0 fully saturated rings. The Balaban J connectivity index is 0.00000144. The summed E-state index contributed by atoms with van der Waals surface area (Å²) in [6.45, 7) is 1.90. The minimum atomic E-state index is -4.15. The molecule has 1 atom stereocenters. The molecule has 94 valence electrons. The van der Waals surface area contributed by atoms with E-state index in [0.717, 1.165) is 11.8 Å². The van der Waals surface area contributed by atoms with Gasteiger partial charge < -0.3 is 4.70 Å². The lowest BCUT2D eigenvalue weighted by atomic mass is 10.2. The molecule has 0 nitrogen and oxygen atoms in total. The van der Waals surface area contributed by atoms with Crippen molar-refractivity contribution in [2.24, 2.45) is 0 Å². The number of halogens is 4. The smallest absolute Gasteiger partial charge is 0.600 e. The maximum absolute atomic E-state index is 13.0. The van der Waals surface area contributed by atoms with Crippen LogP contribution in [-0.2, 0) is 11.9 Å². The van der Waals surface area contributed by atoms with Crippen LogP contribution in [0.1, 0.15) is 18.2 Å². The van der Waals surface area contributed by atoms with Crippen molar-refractivity contribution in [1.82, 2.24) is 0 Å². The zero-order valence-electron chi connectivity index (χ0n) is 9.22. The van der Waals surface area contributed by atoms with Gasteiger partial charge in [0.2, 0.25) is 0 Å². The van der Waals surface area contributed by atoms with Crippen LogP contribution in [0, 0.1) is 0 Å². The second-order valence-corrected chi connectivity index (χ2v) is 5.69. The Morgan fingerprint density at radius 1 is 1.18 bits per heavy atom. The number of hydrogen-bond donors (Lipinski definition) is 0. The number of benzene rings is 1. The van der Waals surface area contributed by atoms with Crippen LogP contribution >= 0.6 is 10.5 Å². The number of hydrogen-bond acceptors (Lipinski definition) is 0. The minimum Gasteiger partial charge on any atom is -1.00 e. The highest BCUT2D eigenvalue weighted by Crippen LogP contribution is 2.50. The van der Waals surface area contributed by atoms with Gasteiger partial charge in [-0.25, -0.2) is 0 Å². The quantitative estimate of drug-likeness (QED) is 0.575. The molecule has 0 amide bonds. The Bertz CT molecular complexity index is 499. The van der Waals surface area contributed by atoms with E-state index in [1.807, 2.05) is 6.92 Å². The van der Waals surface area contributed by atoms with Crippen LogP contribution in [-0.4, -0.2) is 0 Å². The Morgan fingerprint density at radius 2 is 1.82 bits per heavy atom. The van der Waals surface area contributed by atoms with Crippen LogP contribution in [0.4, 0.5) is 13.2 Å². The van der Waals surface area contributed by atoms with Gasteiger partial charge in [-0.15, -0.1) is 13.2 Å². The van der Waals surface area contributed by atoms with Gasteiger partial charge in [-0.1, -0.05) is 19.1 Å². The second-order valence-electron chi connectivity index (χ2n) is 3.65. The molecule has 0 N–H and O–H groups in total. The van der Waals surface area contributed by atoms with Crippen molar-refractivity contribution >= 4 is 20.6 Å². The Kier molecular flexibility index (Phi) is 4.14. The van der Waals surface area contributed by atoms with Crippen molar-refractivity contribution in [3.05, 3.63) is 35.2 Å². The lowest BCUT2D eigenvalue weighted by Crippen LogP contribution is -3.00. The zero-order chi connectivity index (χ0) is 11.8. The highest BCUT2D eigenvalue weighted by atomic mass is 32.2. The first-order chi connectivity index (χ1) is 7.54. The fourth-order valence-electron chi connectivity index (χ4n) is 1.85. The molecule has 0 radical (unpaired) electrons. The predicted octanol–water partition coefficient (Wildman–Crippen LogP) is 2.02. The summed E-state index contributed by atoms with van der Waals surface area (Å²) in [7, 11) is -1.70. The molecule has 0 spiro atoms. The summed E-state index contributed by atoms with van der Waals surface area (Å²) in [4.78, 5) is 0.524. The van der Waals surface area contributed by atoms with Crippen molar-refractivity contribution in [3.8, 4) is 0 Å². The normalized spacial score (nSPS) is 12.6. The van der Waals surface area contributed by atoms with Crippen molar-refractivity contribution in [2.75, 3.05) is 0 Å². The molecule has 5 heteroatoms. The summed E-state index contributed by atoms with van der Waals surface area (Å²) in [6.07, 6.45) is 1.27. The van der Waals surface area contributed by atoms with E-state index in [1.54, 1.807) is 30.3 Å². The van der Waals surface area contributed by atoms with Gasteiger partial charge >= 0.3 is 5.51 Å². The van der Waals surface area contributed by atoms with E-state index in [-0.39, 0.29) is 4.70 Å². The van der Waals surface area contributed by atoms with Crippen molar-refractivity contribution in [2.45, 2.75) is 25.3 Å². The summed E-state index contributed by atoms with van der Waals surface area (Å²) in [5.74, 6) is 0. The largest absolute Gasteiger partial charge is 1.00 e. The van der Waals surface area contributed by atoms with Crippen molar-refractivity contribution in [1.29, 1.82) is 0 Å². The summed E-state index contributed by atoms with van der Waals surface area (Å²) in [5.41, 5.74) is -4.15. The number of fused-ring (bicyclic) bond motifs is 1. The number of aryl methyl sites for hydroxylation is 1. The molecule has 0 bridgehead atoms. The molecule has 1 heterocycles. The molecule has 0 aliphatic rings. The van der Waals surface area contributed by atoms with Crippen LogP contribution in [0.15, 0.2) is 30.3 Å². The van der Waals surface area contributed by atoms with E-state index in [4.69, 9.17) is 0 Å². The molecule has 0 aliphatic carbocycles. The summed E-state index contributed by atoms with van der Waals surface area (Å²) in [5, 5.41) is 0.728. The molecule has 2 rings (SSSR count). The van der Waals surface area contributed by atoms with Crippen LogP contribution in [0.2, 0.25) is 0 Å². The first kappa shape index (κ1) is 14.0. The van der Waals surface area contributed by atoms with E-state index in [0.29, 0.717) is 16.0 Å². The lowest BCUT2D eigenvalue weighted by Gasteiger charge is -1.98. The van der Waals surface area contributed by atoms with E-state index in [2.05, 4.69) is 0 Å². The van der Waals surface area contributed by atoms with E-state index < -0.39 is 16.0 Å². The maximum atomic E-state index is 13.0. The van der Waals surface area contributed by atoms with Gasteiger partial charge in [0.15, 0.2) is 9.58 Å². The fourth-order valence-corrected chi connectivity index (χ4v) is 3.91. The van der Waals surface area contributed by atoms with Crippen molar-refractivity contribution in [3.63, 3.8) is 0 Å². The molecular formula is C12H12F4S. The van der Waals surface area contributed by atoms with E-state index >= 15 is 0 Å². The molecule has 1 aromatic heterocycles. The molecule has 0 aliphatic heterocycles. The lowest BCUT2D eigenvalue weighted by molar-refractivity contribution is -0.0867. The van der Waals surface area contributed by atoms with Crippen LogP contribution in [0.3, 0.4) is 0 Å². The minimum absolute atomic E-state index is 0. The van der Waals surface area contributed by atoms with Crippen LogP contribution in [0.25, 0.3) is 10.1 Å². The second kappa shape index (κ2) is 5.04. The number of alkyl halides is 3. The first-order valence-corrected chi connectivity index (χ1v) is 6.37. The van der Waals surface area contributed by atoms with E-state index in [1.165, 1.54) is 0 Å². The standard InChI is InChI=1S/C12H12F3S.FH/c1-2-5-10-8-9-6-3-4-7-11(9)16(10)12(13,14)15;/h3-4,6-8H,2,5H2,1H3;1H/q+1;/p-1. The predicted molar refractivity (Wildman–Crippen MR) is 61.7 cm³/mol. The van der Waals surface area contributed by atoms with Gasteiger partial charge in [0.25, 0.3) is 0 Å². The summed E-state index contributed by atoms with van der Waals surface area (Å²) in [6, 6.07) is 8.50. The van der Waals surface area contributed by atoms with Crippen LogP contribution < -0.4 is 4.70 Å². The first-order valence-electron chi connectivity index (χ1n) is 5.14. The van der Waals surface area contributed by atoms with E-state index in [9.17, 15) is 13.2 Å². The molecular weight excluding hydrogens is 252 g/mol. The van der Waals surface area contributed by atoms with Gasteiger partial charge in [-0.05, 0) is 18.6 Å². The Labute approximate surface area is 99.4 Å². The molecule has 1 aromatic carbocycles. The average Bonchev–Trinajstić information content (AvgIpc) is 2.55. The average molecular weight is 264 g/mol. The highest BCUT2D eigenvalue weighted by Gasteiger charge is 2.47. The topological polar surface area (TPSA) is 0 Å². The summed E-state index contributed by atoms with van der Waals surface area (Å²) >= 11 is 0. The van der Waals surface area contributed by atoms with Gasteiger partial charge in [0.05, 0.1) is 10.5 Å². The Morgan fingerprint density at radius 3 is 2.41 bits per heavy atom. The molecule has 2 aromatic rings. The third-order valence-corrected chi connectivity index (χ3v) is 4.57. The monoisotopic (exact) mass is 264 g/mol. The number of thiophene rings is 1. The SMILES string of the molecule is CCCc1cc2ccccc2[s+]1C(F)(F)F.[F-]. The molecule has 1 unspecified atom stereocenters. The fraction of sp³-hybridized carbons (Fsp3) is 0.333. The number of rotatable bonds is 2. The molecule has 17 heavy (non-hydrogen) atoms. The molecule has 0 saturated carbocycles. The van der Waals surface area contributed by atoms with Gasteiger partial charge in [-0.3, -0.25) is 0 Å². The maximum Gasteiger partial charge on any atom is 0.600 e. The van der Waals surface area contributed by atoms with Gasteiger partial charge in [0, 0.05) is 17.9 Å². The molecule has 0 saturated heterocycles. The van der Waals surface area contributed by atoms with Gasteiger partial charge in [0.1, 0.15) is 0 Å². The summed E-state index contributed by atoms with van der Waals surface area (Å²) < 4.78 is 39.4.